The standard InChI is InChI=1S/C56H42O12/c57-36-11-3-28(4-12-36)1-2-29-19-42(63)51-45(20-29)66-55(31-7-15-38(59)16-8-31)49(51)34-23-44(65)53-47(25-34)68-56(32-9-17-39(60)18-10-32)50(53)35-24-43(64)52-46(26-35)67-54(30-5-13-37(58)14-6-30)48(52)33-21-40(61)27-41(62)22-33/h1-27,48-50,54-65H/b2-1+/t48-,49+,50+,54+,55-,56-/m1/s1. The van der Waals surface area contributed by atoms with Gasteiger partial charge in [-0.25, -0.2) is 0 Å². The van der Waals surface area contributed by atoms with Crippen molar-refractivity contribution in [2.24, 2.45) is 0 Å². The Morgan fingerprint density at radius 2 is 0.603 bits per heavy atom. The summed E-state index contributed by atoms with van der Waals surface area (Å²) >= 11 is 0. The van der Waals surface area contributed by atoms with Crippen LogP contribution in [0.4, 0.5) is 0 Å². The third kappa shape index (κ3) is 7.37. The van der Waals surface area contributed by atoms with Crippen LogP contribution in [0.5, 0.6) is 69.0 Å². The molecular weight excluding hydrogens is 865 g/mol. The molecular formula is C56H42O12. The molecule has 0 radical (unpaired) electrons. The first-order valence-corrected chi connectivity index (χ1v) is 21.8. The van der Waals surface area contributed by atoms with Gasteiger partial charge in [0.05, 0.1) is 17.8 Å². The lowest BCUT2D eigenvalue weighted by molar-refractivity contribution is 0.216. The number of hydrogen-bond donors (Lipinski definition) is 9. The van der Waals surface area contributed by atoms with Crippen molar-refractivity contribution >= 4 is 12.2 Å². The second kappa shape index (κ2) is 16.2. The minimum Gasteiger partial charge on any atom is -0.508 e. The van der Waals surface area contributed by atoms with Gasteiger partial charge in [-0.1, -0.05) is 60.7 Å². The van der Waals surface area contributed by atoms with E-state index in [1.54, 1.807) is 97.1 Å². The first kappa shape index (κ1) is 41.8. The van der Waals surface area contributed by atoms with Crippen LogP contribution < -0.4 is 14.2 Å². The minimum absolute atomic E-state index is 0.0396. The van der Waals surface area contributed by atoms with Gasteiger partial charge in [0, 0.05) is 22.8 Å². The van der Waals surface area contributed by atoms with Crippen molar-refractivity contribution in [3.8, 4) is 69.0 Å². The SMILES string of the molecule is Oc1ccc(/C=C/c2cc(O)c3c(c2)O[C@H](c2ccc(O)cc2)[C@H]3c2cc(O)c3c(c2)O[C@H](c2ccc(O)cc2)[C@H]3c2cc(O)c3c(c2)O[C@@H](c2ccc(O)cc2)[C@@H]3c2cc(O)cc(O)c2)cc1. The van der Waals surface area contributed by atoms with Gasteiger partial charge in [-0.05, 0) is 142 Å². The first-order chi connectivity index (χ1) is 32.8. The van der Waals surface area contributed by atoms with E-state index in [9.17, 15) is 46.0 Å². The summed E-state index contributed by atoms with van der Waals surface area (Å²) in [5, 5.41) is 97.7. The van der Waals surface area contributed by atoms with Gasteiger partial charge in [0.1, 0.15) is 87.3 Å². The molecule has 11 rings (SSSR count). The van der Waals surface area contributed by atoms with Crippen LogP contribution in [0.15, 0.2) is 152 Å². The Kier molecular flexibility index (Phi) is 9.96. The van der Waals surface area contributed by atoms with Crippen molar-refractivity contribution in [1.82, 2.24) is 0 Å². The van der Waals surface area contributed by atoms with Crippen LogP contribution >= 0.6 is 0 Å². The van der Waals surface area contributed by atoms with Crippen molar-refractivity contribution in [1.29, 1.82) is 0 Å². The fourth-order valence-electron chi connectivity index (χ4n) is 10.0. The van der Waals surface area contributed by atoms with E-state index in [1.807, 2.05) is 24.3 Å². The molecule has 0 aromatic heterocycles. The van der Waals surface area contributed by atoms with Gasteiger partial charge < -0.3 is 60.2 Å². The zero-order valence-corrected chi connectivity index (χ0v) is 35.8. The molecule has 8 aromatic carbocycles. The molecule has 338 valence electrons. The molecule has 6 atom stereocenters. The van der Waals surface area contributed by atoms with Gasteiger partial charge in [0.2, 0.25) is 0 Å². The molecule has 0 bridgehead atoms. The maximum atomic E-state index is 12.3. The fourth-order valence-corrected chi connectivity index (χ4v) is 10.0. The normalized spacial score (nSPS) is 20.0. The largest absolute Gasteiger partial charge is 0.508 e. The van der Waals surface area contributed by atoms with Crippen LogP contribution in [-0.4, -0.2) is 46.0 Å². The second-order valence-electron chi connectivity index (χ2n) is 17.4. The van der Waals surface area contributed by atoms with E-state index < -0.39 is 36.1 Å². The molecule has 9 N–H and O–H groups in total. The summed E-state index contributed by atoms with van der Waals surface area (Å²) < 4.78 is 20.2. The third-order valence-electron chi connectivity index (χ3n) is 13.1. The van der Waals surface area contributed by atoms with Crippen molar-refractivity contribution in [3.63, 3.8) is 0 Å². The second-order valence-corrected chi connectivity index (χ2v) is 17.4. The predicted molar refractivity (Wildman–Crippen MR) is 251 cm³/mol. The quantitative estimate of drug-likeness (QED) is 0.0652. The van der Waals surface area contributed by atoms with E-state index >= 15 is 0 Å². The summed E-state index contributed by atoms with van der Waals surface area (Å²) in [5.41, 5.74) is 6.34. The Labute approximate surface area is 389 Å². The highest BCUT2D eigenvalue weighted by Crippen LogP contribution is 2.61. The van der Waals surface area contributed by atoms with E-state index in [4.69, 9.17) is 14.2 Å². The highest BCUT2D eigenvalue weighted by atomic mass is 16.5. The molecule has 0 spiro atoms. The number of ether oxygens (including phenoxy) is 3. The highest BCUT2D eigenvalue weighted by molar-refractivity contribution is 5.73. The molecule has 0 fully saturated rings. The van der Waals surface area contributed by atoms with Gasteiger partial charge >= 0.3 is 0 Å². The lowest BCUT2D eigenvalue weighted by Crippen LogP contribution is -2.12. The van der Waals surface area contributed by atoms with Crippen LogP contribution in [0.1, 0.15) is 97.3 Å². The summed E-state index contributed by atoms with van der Waals surface area (Å²) in [5.74, 6) is -1.48. The van der Waals surface area contributed by atoms with Crippen LogP contribution in [-0.2, 0) is 0 Å². The topological polar surface area (TPSA) is 210 Å². The monoisotopic (exact) mass is 906 g/mol. The van der Waals surface area contributed by atoms with E-state index in [0.717, 1.165) is 5.56 Å². The van der Waals surface area contributed by atoms with E-state index in [0.29, 0.717) is 72.9 Å². The average molecular weight is 907 g/mol. The first-order valence-electron chi connectivity index (χ1n) is 21.8. The van der Waals surface area contributed by atoms with Crippen LogP contribution in [0.25, 0.3) is 12.2 Å². The summed E-state index contributed by atoms with van der Waals surface area (Å²) in [6, 6.07) is 40.7. The van der Waals surface area contributed by atoms with E-state index in [-0.39, 0.29) is 51.7 Å². The summed E-state index contributed by atoms with van der Waals surface area (Å²) in [6.45, 7) is 0. The molecule has 0 saturated heterocycles. The zero-order valence-electron chi connectivity index (χ0n) is 35.8. The minimum atomic E-state index is -0.798. The average Bonchev–Trinajstić information content (AvgIpc) is 4.02. The number of hydrogen-bond acceptors (Lipinski definition) is 12. The molecule has 12 nitrogen and oxygen atoms in total. The van der Waals surface area contributed by atoms with Gasteiger partial charge in [-0.15, -0.1) is 0 Å². The number of phenols is 9. The van der Waals surface area contributed by atoms with Gasteiger partial charge in [0.15, 0.2) is 0 Å². The molecule has 0 saturated carbocycles. The molecule has 3 aliphatic heterocycles. The van der Waals surface area contributed by atoms with E-state index in [2.05, 4.69) is 0 Å². The van der Waals surface area contributed by atoms with Gasteiger partial charge in [0.25, 0.3) is 0 Å². The lowest BCUT2D eigenvalue weighted by Gasteiger charge is -2.22. The van der Waals surface area contributed by atoms with Crippen LogP contribution in [0.2, 0.25) is 0 Å². The van der Waals surface area contributed by atoms with Crippen molar-refractivity contribution < 1.29 is 60.2 Å². The molecule has 0 aliphatic carbocycles. The maximum absolute atomic E-state index is 12.3. The Hall–Kier alpha value is -8.90. The number of aromatic hydroxyl groups is 9. The molecule has 3 heterocycles. The number of rotatable bonds is 8. The molecule has 3 aliphatic rings. The maximum Gasteiger partial charge on any atom is 0.135 e. The van der Waals surface area contributed by atoms with Crippen molar-refractivity contribution in [3.05, 3.63) is 213 Å². The Balaban J connectivity index is 1.03. The number of fused-ring (bicyclic) bond motifs is 3. The summed E-state index contributed by atoms with van der Waals surface area (Å²) in [6.07, 6.45) is 1.40. The Morgan fingerprint density at radius 3 is 1.00 bits per heavy atom. The Morgan fingerprint density at radius 1 is 0.279 bits per heavy atom. The van der Waals surface area contributed by atoms with Crippen molar-refractivity contribution in [2.45, 2.75) is 36.1 Å². The van der Waals surface area contributed by atoms with Crippen molar-refractivity contribution in [2.75, 3.05) is 0 Å². The number of phenolic OH excluding ortho intramolecular Hbond substituents is 9. The van der Waals surface area contributed by atoms with Crippen LogP contribution in [0, 0.1) is 0 Å². The molecule has 0 unspecified atom stereocenters. The van der Waals surface area contributed by atoms with Gasteiger partial charge in [-0.2, -0.15) is 0 Å². The smallest absolute Gasteiger partial charge is 0.135 e. The molecule has 68 heavy (non-hydrogen) atoms. The lowest BCUT2D eigenvalue weighted by atomic mass is 9.80. The number of benzene rings is 8. The fraction of sp³-hybridized carbons (Fsp3) is 0.107. The summed E-state index contributed by atoms with van der Waals surface area (Å²) in [7, 11) is 0. The molecule has 0 amide bonds. The molecule has 8 aromatic rings. The molecule has 12 heteroatoms. The predicted octanol–water partition coefficient (Wildman–Crippen LogP) is 11.0. The van der Waals surface area contributed by atoms with Crippen LogP contribution in [0.3, 0.4) is 0 Å². The van der Waals surface area contributed by atoms with E-state index in [1.165, 1.54) is 42.5 Å². The van der Waals surface area contributed by atoms with Gasteiger partial charge in [-0.3, -0.25) is 0 Å². The third-order valence-corrected chi connectivity index (χ3v) is 13.1. The highest BCUT2D eigenvalue weighted by Gasteiger charge is 2.46. The Bertz CT molecular complexity index is 3250. The zero-order chi connectivity index (χ0) is 47.0. The summed E-state index contributed by atoms with van der Waals surface area (Å²) in [4.78, 5) is 0.